The molecule has 0 aromatic carbocycles. The van der Waals surface area contributed by atoms with E-state index in [1.165, 1.54) is 23.3 Å². The van der Waals surface area contributed by atoms with Gasteiger partial charge in [-0.2, -0.15) is 5.10 Å². The lowest BCUT2D eigenvalue weighted by Gasteiger charge is -2.35. The maximum Gasteiger partial charge on any atom is 0.255 e. The number of carbonyl (C=O) groups excluding carboxylic acids is 1. The van der Waals surface area contributed by atoms with Crippen LogP contribution in [0.1, 0.15) is 76.6 Å². The van der Waals surface area contributed by atoms with Gasteiger partial charge in [0, 0.05) is 53.8 Å². The highest BCUT2D eigenvalue weighted by Gasteiger charge is 2.33. The number of nitrogens with two attached hydrogens (primary N) is 1. The van der Waals surface area contributed by atoms with E-state index < -0.39 is 0 Å². The number of aryl methyl sites for hydroxylation is 2. The molecule has 174 valence electrons. The van der Waals surface area contributed by atoms with E-state index in [1.54, 1.807) is 11.3 Å². The van der Waals surface area contributed by atoms with Crippen LogP contribution in [0.25, 0.3) is 5.65 Å². The number of nitrogens with zero attached hydrogens (tertiary/aromatic N) is 5. The Kier molecular flexibility index (Phi) is 5.37. The second kappa shape index (κ2) is 8.40. The minimum Gasteiger partial charge on any atom is -0.355 e. The molecule has 3 aromatic rings. The van der Waals surface area contributed by atoms with Crippen LogP contribution in [-0.2, 0) is 12.8 Å². The fraction of sp³-hybridized carbons (Fsp3) is 0.560. The Bertz CT molecular complexity index is 1200. The molecule has 7 nitrogen and oxygen atoms in total. The summed E-state index contributed by atoms with van der Waals surface area (Å²) in [5, 5.41) is 7.00. The standard InChI is InChI=1S/C25H32N6OS/c1-16-13-31-23(27-24(16)29-11-9-17(26)14-29)12-20(28-31)21-7-4-5-10-30(21)25(32)19-15-33-22-8-3-2-6-18(19)22/h12-13,15,17,21H,2-11,14,26H2,1H3/t17-,21-/m0/s1. The molecular formula is C25H32N6OS. The van der Waals surface area contributed by atoms with Gasteiger partial charge < -0.3 is 15.5 Å². The van der Waals surface area contributed by atoms with E-state index in [4.69, 9.17) is 15.8 Å². The third-order valence-corrected chi connectivity index (χ3v) is 8.63. The summed E-state index contributed by atoms with van der Waals surface area (Å²) in [5.41, 5.74) is 11.3. The molecule has 1 aliphatic carbocycles. The number of fused-ring (bicyclic) bond motifs is 2. The van der Waals surface area contributed by atoms with E-state index in [9.17, 15) is 4.79 Å². The Morgan fingerprint density at radius 2 is 2.03 bits per heavy atom. The van der Waals surface area contributed by atoms with Crippen molar-refractivity contribution in [2.24, 2.45) is 5.73 Å². The van der Waals surface area contributed by atoms with Crippen molar-refractivity contribution in [1.29, 1.82) is 0 Å². The van der Waals surface area contributed by atoms with Crippen LogP contribution in [0.3, 0.4) is 0 Å². The molecule has 1 amide bonds. The Labute approximate surface area is 198 Å². The Hall–Kier alpha value is -2.45. The zero-order valence-corrected chi connectivity index (χ0v) is 20.1. The molecule has 2 aliphatic heterocycles. The van der Waals surface area contributed by atoms with Crippen LogP contribution in [0.4, 0.5) is 5.82 Å². The van der Waals surface area contributed by atoms with Crippen LogP contribution in [0, 0.1) is 6.92 Å². The lowest BCUT2D eigenvalue weighted by molar-refractivity contribution is 0.0605. The molecule has 0 spiro atoms. The highest BCUT2D eigenvalue weighted by atomic mass is 32.1. The van der Waals surface area contributed by atoms with E-state index in [1.807, 2.05) is 4.52 Å². The smallest absolute Gasteiger partial charge is 0.255 e. The van der Waals surface area contributed by atoms with E-state index in [-0.39, 0.29) is 18.0 Å². The number of piperidine rings is 1. The normalized spacial score (nSPS) is 23.3. The quantitative estimate of drug-likeness (QED) is 0.636. The van der Waals surface area contributed by atoms with Crippen LogP contribution < -0.4 is 10.6 Å². The van der Waals surface area contributed by atoms with E-state index >= 15 is 0 Å². The molecule has 0 radical (unpaired) electrons. The lowest BCUT2D eigenvalue weighted by Crippen LogP contribution is -2.39. The van der Waals surface area contributed by atoms with Crippen molar-refractivity contribution >= 4 is 28.7 Å². The molecule has 6 rings (SSSR count). The molecule has 0 saturated carbocycles. The highest BCUT2D eigenvalue weighted by molar-refractivity contribution is 7.10. The van der Waals surface area contributed by atoms with Gasteiger partial charge in [0.05, 0.1) is 17.3 Å². The van der Waals surface area contributed by atoms with Gasteiger partial charge in [-0.15, -0.1) is 11.3 Å². The van der Waals surface area contributed by atoms with Gasteiger partial charge in [0.1, 0.15) is 5.82 Å². The molecule has 3 aliphatic rings. The third-order valence-electron chi connectivity index (χ3n) is 7.55. The largest absolute Gasteiger partial charge is 0.355 e. The van der Waals surface area contributed by atoms with Gasteiger partial charge in [0.2, 0.25) is 0 Å². The van der Waals surface area contributed by atoms with Gasteiger partial charge >= 0.3 is 0 Å². The van der Waals surface area contributed by atoms with E-state index in [2.05, 4.69) is 34.4 Å². The minimum absolute atomic E-state index is 0.0102. The van der Waals surface area contributed by atoms with Crippen LogP contribution in [0.2, 0.25) is 0 Å². The number of hydrogen-bond acceptors (Lipinski definition) is 6. The van der Waals surface area contributed by atoms with Crippen molar-refractivity contribution in [3.05, 3.63) is 44.9 Å². The molecule has 0 bridgehead atoms. The van der Waals surface area contributed by atoms with E-state index in [0.717, 1.165) is 86.4 Å². The molecule has 33 heavy (non-hydrogen) atoms. The van der Waals surface area contributed by atoms with Crippen molar-refractivity contribution in [2.45, 2.75) is 70.4 Å². The average molecular weight is 465 g/mol. The summed E-state index contributed by atoms with van der Waals surface area (Å²) in [7, 11) is 0. The van der Waals surface area contributed by atoms with Crippen molar-refractivity contribution in [2.75, 3.05) is 24.5 Å². The molecule has 2 atom stereocenters. The topological polar surface area (TPSA) is 79.8 Å². The molecule has 8 heteroatoms. The van der Waals surface area contributed by atoms with Crippen molar-refractivity contribution < 1.29 is 4.79 Å². The second-order valence-corrected chi connectivity index (χ2v) is 10.8. The maximum absolute atomic E-state index is 13.7. The number of likely N-dealkylation sites (tertiary alicyclic amines) is 1. The maximum atomic E-state index is 13.7. The number of aromatic nitrogens is 3. The summed E-state index contributed by atoms with van der Waals surface area (Å²) in [6.45, 7) is 4.68. The first-order valence-electron chi connectivity index (χ1n) is 12.4. The Balaban J connectivity index is 1.32. The van der Waals surface area contributed by atoms with Crippen LogP contribution >= 0.6 is 11.3 Å². The fourth-order valence-corrected chi connectivity index (χ4v) is 6.91. The van der Waals surface area contributed by atoms with Crippen molar-refractivity contribution in [3.8, 4) is 0 Å². The number of thiophene rings is 1. The zero-order valence-electron chi connectivity index (χ0n) is 19.3. The first-order chi connectivity index (χ1) is 16.1. The number of amides is 1. The molecule has 5 heterocycles. The van der Waals surface area contributed by atoms with Gasteiger partial charge in [-0.1, -0.05) is 0 Å². The molecule has 3 aromatic heterocycles. The lowest BCUT2D eigenvalue weighted by atomic mass is 9.93. The SMILES string of the molecule is Cc1cn2nc([C@@H]3CCCCN3C(=O)c3csc4c3CCCC4)cc2nc1N1CC[C@H](N)C1. The summed E-state index contributed by atoms with van der Waals surface area (Å²) >= 11 is 1.77. The molecule has 0 unspecified atom stereocenters. The van der Waals surface area contributed by atoms with Gasteiger partial charge in [0.25, 0.3) is 5.91 Å². The number of carbonyl (C=O) groups is 1. The minimum atomic E-state index is 0.0102. The predicted molar refractivity (Wildman–Crippen MR) is 131 cm³/mol. The number of hydrogen-bond donors (Lipinski definition) is 1. The highest BCUT2D eigenvalue weighted by Crippen LogP contribution is 2.36. The molecule has 2 N–H and O–H groups in total. The van der Waals surface area contributed by atoms with Gasteiger partial charge in [-0.3, -0.25) is 4.79 Å². The number of anilines is 1. The van der Waals surface area contributed by atoms with Crippen LogP contribution in [-0.4, -0.2) is 51.1 Å². The van der Waals surface area contributed by atoms with Crippen LogP contribution in [0.5, 0.6) is 0 Å². The second-order valence-electron chi connectivity index (χ2n) is 9.88. The average Bonchev–Trinajstić information content (AvgIpc) is 3.55. The first kappa shape index (κ1) is 21.1. The van der Waals surface area contributed by atoms with Crippen LogP contribution in [0.15, 0.2) is 17.6 Å². The zero-order chi connectivity index (χ0) is 22.5. The van der Waals surface area contributed by atoms with E-state index in [0.29, 0.717) is 0 Å². The predicted octanol–water partition coefficient (Wildman–Crippen LogP) is 3.88. The molecular weight excluding hydrogens is 432 g/mol. The van der Waals surface area contributed by atoms with Crippen molar-refractivity contribution in [1.82, 2.24) is 19.5 Å². The monoisotopic (exact) mass is 464 g/mol. The first-order valence-corrected chi connectivity index (χ1v) is 13.2. The summed E-state index contributed by atoms with van der Waals surface area (Å²) in [4.78, 5) is 24.4. The molecule has 2 saturated heterocycles. The fourth-order valence-electron chi connectivity index (χ4n) is 5.79. The summed E-state index contributed by atoms with van der Waals surface area (Å²) in [6, 6.07) is 2.31. The Morgan fingerprint density at radius 3 is 2.88 bits per heavy atom. The summed E-state index contributed by atoms with van der Waals surface area (Å²) in [5.74, 6) is 1.19. The molecule has 2 fully saturated rings. The van der Waals surface area contributed by atoms with Gasteiger partial charge in [-0.25, -0.2) is 9.50 Å². The number of rotatable bonds is 3. The van der Waals surface area contributed by atoms with Gasteiger partial charge in [-0.05, 0) is 63.9 Å². The van der Waals surface area contributed by atoms with Crippen molar-refractivity contribution in [3.63, 3.8) is 0 Å². The third kappa shape index (κ3) is 3.73. The van der Waals surface area contributed by atoms with Gasteiger partial charge in [0.15, 0.2) is 5.65 Å². The summed E-state index contributed by atoms with van der Waals surface area (Å²) in [6.07, 6.45) is 10.8. The Morgan fingerprint density at radius 1 is 1.15 bits per heavy atom. The summed E-state index contributed by atoms with van der Waals surface area (Å²) < 4.78 is 1.88.